The van der Waals surface area contributed by atoms with E-state index in [-0.39, 0.29) is 11.7 Å². The summed E-state index contributed by atoms with van der Waals surface area (Å²) in [5.74, 6) is 0. The van der Waals surface area contributed by atoms with Crippen molar-refractivity contribution in [3.63, 3.8) is 0 Å². The lowest BCUT2D eigenvalue weighted by molar-refractivity contribution is -0.384. The largest absolute Gasteiger partial charge is 0.306 e. The lowest BCUT2D eigenvalue weighted by atomic mass is 10.1. The molecule has 6 heteroatoms. The summed E-state index contributed by atoms with van der Waals surface area (Å²) in [5, 5.41) is 15.2. The Morgan fingerprint density at radius 2 is 1.86 bits per heavy atom. The predicted octanol–water partition coefficient (Wildman–Crippen LogP) is 4.75. The van der Waals surface area contributed by atoms with Crippen molar-refractivity contribution in [1.29, 1.82) is 0 Å². The number of hydrogen-bond donors (Lipinski definition) is 1. The van der Waals surface area contributed by atoms with Crippen LogP contribution in [-0.4, -0.2) is 4.92 Å². The number of hydrogen-bond acceptors (Lipinski definition) is 3. The van der Waals surface area contributed by atoms with E-state index < -0.39 is 4.92 Å². The van der Waals surface area contributed by atoms with Crippen molar-refractivity contribution in [1.82, 2.24) is 5.32 Å². The van der Waals surface area contributed by atoms with Crippen LogP contribution in [-0.2, 0) is 6.54 Å². The maximum absolute atomic E-state index is 10.6. The molecule has 0 aromatic heterocycles. The van der Waals surface area contributed by atoms with Gasteiger partial charge in [-0.2, -0.15) is 0 Å². The second-order valence-electron chi connectivity index (χ2n) is 4.69. The minimum absolute atomic E-state index is 0.0198. The average molecular weight is 325 g/mol. The highest BCUT2D eigenvalue weighted by molar-refractivity contribution is 6.33. The van der Waals surface area contributed by atoms with E-state index in [9.17, 15) is 10.1 Å². The first-order chi connectivity index (χ1) is 9.97. The van der Waals surface area contributed by atoms with Crippen LogP contribution < -0.4 is 5.32 Å². The molecule has 4 nitrogen and oxygen atoms in total. The van der Waals surface area contributed by atoms with Gasteiger partial charge in [-0.25, -0.2) is 0 Å². The van der Waals surface area contributed by atoms with Crippen LogP contribution in [0.4, 0.5) is 5.69 Å². The molecule has 0 saturated heterocycles. The molecule has 0 aliphatic heterocycles. The Balaban J connectivity index is 2.02. The third kappa shape index (κ3) is 4.17. The summed E-state index contributed by atoms with van der Waals surface area (Å²) in [6.07, 6.45) is 0. The highest BCUT2D eigenvalue weighted by Gasteiger charge is 2.10. The maximum atomic E-state index is 10.6. The molecule has 0 aliphatic carbocycles. The van der Waals surface area contributed by atoms with Gasteiger partial charge in [-0.1, -0.05) is 35.3 Å². The number of rotatable bonds is 5. The van der Waals surface area contributed by atoms with E-state index in [1.165, 1.54) is 12.1 Å². The molecule has 1 unspecified atom stereocenters. The van der Waals surface area contributed by atoms with Crippen molar-refractivity contribution in [2.24, 2.45) is 0 Å². The smallest absolute Gasteiger partial charge is 0.269 e. The average Bonchev–Trinajstić information content (AvgIpc) is 2.47. The summed E-state index contributed by atoms with van der Waals surface area (Å²) < 4.78 is 0. The molecule has 0 saturated carbocycles. The quantitative estimate of drug-likeness (QED) is 0.637. The molecule has 0 spiro atoms. The zero-order chi connectivity index (χ0) is 15.4. The van der Waals surface area contributed by atoms with Crippen molar-refractivity contribution in [3.8, 4) is 0 Å². The summed E-state index contributed by atoms with van der Waals surface area (Å²) in [7, 11) is 0. The van der Waals surface area contributed by atoms with Crippen molar-refractivity contribution in [2.45, 2.75) is 19.5 Å². The SMILES string of the molecule is CC(NCc1ccc([N+](=O)[O-])cc1)c1cc(Cl)ccc1Cl. The molecule has 0 bridgehead atoms. The normalized spacial score (nSPS) is 12.1. The van der Waals surface area contributed by atoms with E-state index in [4.69, 9.17) is 23.2 Å². The van der Waals surface area contributed by atoms with E-state index >= 15 is 0 Å². The van der Waals surface area contributed by atoms with Gasteiger partial charge in [-0.15, -0.1) is 0 Å². The number of nitro benzene ring substituents is 1. The zero-order valence-electron chi connectivity index (χ0n) is 11.3. The first-order valence-electron chi connectivity index (χ1n) is 6.39. The Bertz CT molecular complexity index is 645. The summed E-state index contributed by atoms with van der Waals surface area (Å²) in [6, 6.07) is 11.8. The van der Waals surface area contributed by atoms with Gasteiger partial charge in [0.2, 0.25) is 0 Å². The fourth-order valence-corrected chi connectivity index (χ4v) is 2.42. The number of nitrogens with zero attached hydrogens (tertiary/aromatic N) is 1. The molecule has 2 aromatic carbocycles. The van der Waals surface area contributed by atoms with Gasteiger partial charge in [0, 0.05) is 34.8 Å². The van der Waals surface area contributed by atoms with E-state index in [1.54, 1.807) is 24.3 Å². The van der Waals surface area contributed by atoms with Crippen LogP contribution in [0.5, 0.6) is 0 Å². The summed E-state index contributed by atoms with van der Waals surface area (Å²) in [6.45, 7) is 2.57. The first-order valence-corrected chi connectivity index (χ1v) is 7.14. The van der Waals surface area contributed by atoms with Gasteiger partial charge in [0.05, 0.1) is 4.92 Å². The van der Waals surface area contributed by atoms with Crippen LogP contribution in [0, 0.1) is 10.1 Å². The van der Waals surface area contributed by atoms with E-state index in [2.05, 4.69) is 5.32 Å². The molecule has 0 aliphatic rings. The van der Waals surface area contributed by atoms with Crippen LogP contribution in [0.15, 0.2) is 42.5 Å². The third-order valence-corrected chi connectivity index (χ3v) is 3.76. The van der Waals surface area contributed by atoms with E-state index in [0.29, 0.717) is 16.6 Å². The third-order valence-electron chi connectivity index (χ3n) is 3.18. The molecule has 0 heterocycles. The van der Waals surface area contributed by atoms with Crippen molar-refractivity contribution >= 4 is 28.9 Å². The lowest BCUT2D eigenvalue weighted by Crippen LogP contribution is -2.18. The van der Waals surface area contributed by atoms with Gasteiger partial charge in [-0.05, 0) is 36.2 Å². The zero-order valence-corrected chi connectivity index (χ0v) is 12.9. The van der Waals surface area contributed by atoms with E-state index in [0.717, 1.165) is 11.1 Å². The molecule has 1 N–H and O–H groups in total. The van der Waals surface area contributed by atoms with Gasteiger partial charge in [0.15, 0.2) is 0 Å². The van der Waals surface area contributed by atoms with Gasteiger partial charge in [0.1, 0.15) is 0 Å². The lowest BCUT2D eigenvalue weighted by Gasteiger charge is -2.16. The standard InChI is InChI=1S/C15H14Cl2N2O2/c1-10(14-8-12(16)4-7-15(14)17)18-9-11-2-5-13(6-3-11)19(20)21/h2-8,10,18H,9H2,1H3. The van der Waals surface area contributed by atoms with Gasteiger partial charge in [0.25, 0.3) is 5.69 Å². The minimum atomic E-state index is -0.411. The summed E-state index contributed by atoms with van der Waals surface area (Å²) >= 11 is 12.1. The number of nitro groups is 1. The van der Waals surface area contributed by atoms with Crippen LogP contribution in [0.25, 0.3) is 0 Å². The monoisotopic (exact) mass is 324 g/mol. The predicted molar refractivity (Wildman–Crippen MR) is 84.8 cm³/mol. The van der Waals surface area contributed by atoms with E-state index in [1.807, 2.05) is 13.0 Å². The summed E-state index contributed by atoms with van der Waals surface area (Å²) in [5.41, 5.74) is 1.97. The second kappa shape index (κ2) is 6.89. The van der Waals surface area contributed by atoms with Gasteiger partial charge < -0.3 is 5.32 Å². The number of benzene rings is 2. The van der Waals surface area contributed by atoms with Gasteiger partial charge >= 0.3 is 0 Å². The molecular formula is C15H14Cl2N2O2. The number of non-ortho nitro benzene ring substituents is 1. The number of halogens is 2. The Morgan fingerprint density at radius 3 is 2.48 bits per heavy atom. The molecule has 21 heavy (non-hydrogen) atoms. The highest BCUT2D eigenvalue weighted by Crippen LogP contribution is 2.26. The fraction of sp³-hybridized carbons (Fsp3) is 0.200. The fourth-order valence-electron chi connectivity index (χ4n) is 1.96. The van der Waals surface area contributed by atoms with Crippen molar-refractivity contribution in [2.75, 3.05) is 0 Å². The molecule has 0 fully saturated rings. The maximum Gasteiger partial charge on any atom is 0.269 e. The van der Waals surface area contributed by atoms with Gasteiger partial charge in [-0.3, -0.25) is 10.1 Å². The Morgan fingerprint density at radius 1 is 1.19 bits per heavy atom. The minimum Gasteiger partial charge on any atom is -0.306 e. The number of nitrogens with one attached hydrogen (secondary N) is 1. The van der Waals surface area contributed by atoms with Crippen LogP contribution >= 0.6 is 23.2 Å². The van der Waals surface area contributed by atoms with Crippen LogP contribution in [0.3, 0.4) is 0 Å². The molecule has 2 aromatic rings. The molecule has 2 rings (SSSR count). The Labute approximate surface area is 132 Å². The van der Waals surface area contributed by atoms with Crippen LogP contribution in [0.1, 0.15) is 24.1 Å². The Hall–Kier alpha value is -1.62. The highest BCUT2D eigenvalue weighted by atomic mass is 35.5. The van der Waals surface area contributed by atoms with Crippen molar-refractivity contribution < 1.29 is 4.92 Å². The molecule has 1 atom stereocenters. The van der Waals surface area contributed by atoms with Crippen molar-refractivity contribution in [3.05, 3.63) is 73.8 Å². The molecule has 0 radical (unpaired) electrons. The van der Waals surface area contributed by atoms with Crippen LogP contribution in [0.2, 0.25) is 10.0 Å². The molecular weight excluding hydrogens is 311 g/mol. The topological polar surface area (TPSA) is 55.2 Å². The molecule has 0 amide bonds. The molecule has 110 valence electrons. The summed E-state index contributed by atoms with van der Waals surface area (Å²) in [4.78, 5) is 10.2. The first kappa shape index (κ1) is 15.8. The second-order valence-corrected chi connectivity index (χ2v) is 5.54. The Kier molecular flexibility index (Phi) is 5.17.